The molecule has 0 spiro atoms. The Kier molecular flexibility index (Phi) is 6.92. The molecule has 0 fully saturated rings. The Balaban J connectivity index is 1.75. The highest BCUT2D eigenvalue weighted by Crippen LogP contribution is 2.23. The number of amides is 1. The summed E-state index contributed by atoms with van der Waals surface area (Å²) in [6.07, 6.45) is 0.837. The topological polar surface area (TPSA) is 73.2 Å². The lowest BCUT2D eigenvalue weighted by Crippen LogP contribution is -2.24. The van der Waals surface area contributed by atoms with E-state index in [4.69, 9.17) is 4.74 Å². The fourth-order valence-corrected chi connectivity index (χ4v) is 4.29. The number of fused-ring (bicyclic) bond motifs is 1. The monoisotopic (exact) mass is 435 g/mol. The fourth-order valence-electron chi connectivity index (χ4n) is 2.69. The number of hydrogen-bond donors (Lipinski definition) is 1. The van der Waals surface area contributed by atoms with Gasteiger partial charge in [0.15, 0.2) is 16.7 Å². The third kappa shape index (κ3) is 5.16. The van der Waals surface area contributed by atoms with Crippen LogP contribution in [0.15, 0.2) is 39.6 Å². The molecule has 9 heteroatoms. The molecule has 0 unspecified atom stereocenters. The van der Waals surface area contributed by atoms with E-state index in [1.165, 1.54) is 42.3 Å². The number of aromatic nitrogens is 2. The van der Waals surface area contributed by atoms with E-state index in [9.17, 15) is 14.0 Å². The van der Waals surface area contributed by atoms with Crippen molar-refractivity contribution in [1.29, 1.82) is 0 Å². The molecule has 6 nitrogen and oxygen atoms in total. The molecular formula is C20H22FN3O3S2. The number of nitrogens with zero attached hydrogens (tertiary/aromatic N) is 2. The number of carbonyl (C=O) groups is 1. The normalized spacial score (nSPS) is 11.2. The number of rotatable bonds is 8. The predicted octanol–water partition coefficient (Wildman–Crippen LogP) is 4.38. The second-order valence-electron chi connectivity index (χ2n) is 6.85. The van der Waals surface area contributed by atoms with Gasteiger partial charge in [-0.3, -0.25) is 14.2 Å². The number of thiophene rings is 1. The Morgan fingerprint density at radius 1 is 1.38 bits per heavy atom. The number of nitrogens with one attached hydrogen (secondary N) is 1. The number of benzene rings is 1. The lowest BCUT2D eigenvalue weighted by molar-refractivity contribution is -0.113. The highest BCUT2D eigenvalue weighted by atomic mass is 32.2. The Bertz CT molecular complexity index is 1080. The molecule has 1 amide bonds. The van der Waals surface area contributed by atoms with Gasteiger partial charge in [0.25, 0.3) is 5.56 Å². The van der Waals surface area contributed by atoms with Crippen LogP contribution in [0, 0.1) is 11.7 Å². The maximum atomic E-state index is 13.8. The van der Waals surface area contributed by atoms with Gasteiger partial charge in [-0.15, -0.1) is 11.3 Å². The van der Waals surface area contributed by atoms with Crippen molar-refractivity contribution in [1.82, 2.24) is 9.55 Å². The quantitative estimate of drug-likeness (QED) is 0.420. The summed E-state index contributed by atoms with van der Waals surface area (Å²) in [4.78, 5) is 29.7. The molecule has 0 radical (unpaired) electrons. The predicted molar refractivity (Wildman–Crippen MR) is 116 cm³/mol. The maximum Gasteiger partial charge on any atom is 0.272 e. The van der Waals surface area contributed by atoms with Crippen LogP contribution in [-0.2, 0) is 11.3 Å². The van der Waals surface area contributed by atoms with Crippen LogP contribution < -0.4 is 15.6 Å². The highest BCUT2D eigenvalue weighted by molar-refractivity contribution is 7.99. The molecule has 0 saturated carbocycles. The molecule has 3 aromatic rings. The van der Waals surface area contributed by atoms with E-state index in [1.807, 2.05) is 5.38 Å². The molecule has 154 valence electrons. The number of methoxy groups -OCH3 is 1. The third-order valence-electron chi connectivity index (χ3n) is 4.23. The van der Waals surface area contributed by atoms with Crippen LogP contribution in [0.1, 0.15) is 20.3 Å². The molecule has 0 saturated heterocycles. The summed E-state index contributed by atoms with van der Waals surface area (Å²) >= 11 is 2.57. The Hall–Kier alpha value is -2.39. The minimum Gasteiger partial charge on any atom is -0.494 e. The number of thioether (sulfide) groups is 1. The second kappa shape index (κ2) is 9.41. The lowest BCUT2D eigenvalue weighted by Gasteiger charge is -2.13. The first kappa shape index (κ1) is 21.3. The third-order valence-corrected chi connectivity index (χ3v) is 6.10. The summed E-state index contributed by atoms with van der Waals surface area (Å²) in [7, 11) is 1.38. The van der Waals surface area contributed by atoms with Gasteiger partial charge in [0, 0.05) is 18.3 Å². The van der Waals surface area contributed by atoms with Crippen LogP contribution in [-0.4, -0.2) is 28.3 Å². The zero-order valence-corrected chi connectivity index (χ0v) is 18.0. The molecule has 1 N–H and O–H groups in total. The van der Waals surface area contributed by atoms with Gasteiger partial charge < -0.3 is 10.1 Å². The SMILES string of the molecule is COc1ccc(NC(=O)CSc2nc3ccsc3c(=O)n2CCC(C)C)cc1F. The number of halogens is 1. The smallest absolute Gasteiger partial charge is 0.272 e. The minimum atomic E-state index is -0.551. The van der Waals surface area contributed by atoms with Gasteiger partial charge in [-0.2, -0.15) is 0 Å². The van der Waals surface area contributed by atoms with Gasteiger partial charge >= 0.3 is 0 Å². The van der Waals surface area contributed by atoms with Gasteiger partial charge in [0.05, 0.1) is 18.4 Å². The van der Waals surface area contributed by atoms with Gasteiger partial charge in [0.2, 0.25) is 5.91 Å². The van der Waals surface area contributed by atoms with Crippen LogP contribution in [0.3, 0.4) is 0 Å². The summed E-state index contributed by atoms with van der Waals surface area (Å²) < 4.78 is 20.9. The standard InChI is InChI=1S/C20H22FN3O3S2/c1-12(2)6-8-24-19(26)18-15(7-9-28-18)23-20(24)29-11-17(25)22-13-4-5-16(27-3)14(21)10-13/h4-5,7,9-10,12H,6,8,11H2,1-3H3,(H,22,25). The summed E-state index contributed by atoms with van der Waals surface area (Å²) in [6, 6.07) is 6.03. The maximum absolute atomic E-state index is 13.8. The summed E-state index contributed by atoms with van der Waals surface area (Å²) in [5.41, 5.74) is 0.902. The molecule has 3 rings (SSSR count). The Labute approximate surface area is 176 Å². The van der Waals surface area contributed by atoms with Gasteiger partial charge in [0.1, 0.15) is 4.70 Å². The second-order valence-corrected chi connectivity index (χ2v) is 8.71. The van der Waals surface area contributed by atoms with Gasteiger partial charge in [-0.1, -0.05) is 25.6 Å². The van der Waals surface area contributed by atoms with Crippen molar-refractivity contribution in [3.8, 4) is 5.75 Å². The molecule has 0 aliphatic rings. The average molecular weight is 436 g/mol. The first-order chi connectivity index (χ1) is 13.9. The van der Waals surface area contributed by atoms with Crippen LogP contribution in [0.2, 0.25) is 0 Å². The molecule has 0 bridgehead atoms. The Morgan fingerprint density at radius 2 is 2.17 bits per heavy atom. The van der Waals surface area contributed by atoms with E-state index in [2.05, 4.69) is 24.1 Å². The molecule has 2 heterocycles. The van der Waals surface area contributed by atoms with Crippen LogP contribution >= 0.6 is 23.1 Å². The number of anilines is 1. The molecule has 29 heavy (non-hydrogen) atoms. The van der Waals surface area contributed by atoms with E-state index < -0.39 is 5.82 Å². The molecule has 1 aromatic carbocycles. The van der Waals surface area contributed by atoms with Crippen molar-refractivity contribution in [2.45, 2.75) is 32.0 Å². The number of carbonyl (C=O) groups excluding carboxylic acids is 1. The molecule has 0 aliphatic heterocycles. The van der Waals surface area contributed by atoms with Crippen molar-refractivity contribution < 1.29 is 13.9 Å². The average Bonchev–Trinajstić information content (AvgIpc) is 3.14. The van der Waals surface area contributed by atoms with Crippen molar-refractivity contribution in [2.24, 2.45) is 5.92 Å². The Morgan fingerprint density at radius 3 is 2.86 bits per heavy atom. The molecule has 0 aliphatic carbocycles. The van der Waals surface area contributed by atoms with Crippen molar-refractivity contribution in [3.63, 3.8) is 0 Å². The zero-order valence-electron chi connectivity index (χ0n) is 16.4. The van der Waals surface area contributed by atoms with Crippen molar-refractivity contribution >= 4 is 44.9 Å². The zero-order chi connectivity index (χ0) is 21.0. The molecule has 2 aromatic heterocycles. The van der Waals surface area contributed by atoms with Gasteiger partial charge in [-0.25, -0.2) is 9.37 Å². The molecular weight excluding hydrogens is 413 g/mol. The number of hydrogen-bond acceptors (Lipinski definition) is 6. The largest absolute Gasteiger partial charge is 0.494 e. The van der Waals surface area contributed by atoms with E-state index in [0.717, 1.165) is 6.42 Å². The van der Waals surface area contributed by atoms with Crippen molar-refractivity contribution in [3.05, 3.63) is 45.8 Å². The summed E-state index contributed by atoms with van der Waals surface area (Å²) in [5.74, 6) is -0.260. The van der Waals surface area contributed by atoms with Crippen LogP contribution in [0.25, 0.3) is 10.2 Å². The molecule has 0 atom stereocenters. The van der Waals surface area contributed by atoms with E-state index >= 15 is 0 Å². The highest BCUT2D eigenvalue weighted by Gasteiger charge is 2.15. The van der Waals surface area contributed by atoms with E-state index in [1.54, 1.807) is 16.7 Å². The summed E-state index contributed by atoms with van der Waals surface area (Å²) in [6.45, 7) is 4.73. The van der Waals surface area contributed by atoms with Crippen molar-refractivity contribution in [2.75, 3.05) is 18.2 Å². The van der Waals surface area contributed by atoms with Gasteiger partial charge in [-0.05, 0) is 35.9 Å². The number of ether oxygens (including phenoxy) is 1. The first-order valence-electron chi connectivity index (χ1n) is 9.13. The van der Waals surface area contributed by atoms with Crippen LogP contribution in [0.4, 0.5) is 10.1 Å². The lowest BCUT2D eigenvalue weighted by atomic mass is 10.1. The van der Waals surface area contributed by atoms with E-state index in [-0.39, 0.29) is 23.0 Å². The minimum absolute atomic E-state index is 0.0530. The fraction of sp³-hybridized carbons (Fsp3) is 0.350. The van der Waals surface area contributed by atoms with Crippen LogP contribution in [0.5, 0.6) is 5.75 Å². The van der Waals surface area contributed by atoms with E-state index in [0.29, 0.717) is 33.5 Å². The first-order valence-corrected chi connectivity index (χ1v) is 11.0. The summed E-state index contributed by atoms with van der Waals surface area (Å²) in [5, 5.41) is 5.00.